The molecule has 9 nitrogen and oxygen atoms in total. The molecule has 1 fully saturated rings. The van der Waals surface area contributed by atoms with Gasteiger partial charge in [0, 0.05) is 19.6 Å². The Labute approximate surface area is 201 Å². The van der Waals surface area contributed by atoms with Crippen molar-refractivity contribution in [1.29, 1.82) is 5.26 Å². The maximum atomic E-state index is 12.9. The Morgan fingerprint density at radius 1 is 1.15 bits per heavy atom. The van der Waals surface area contributed by atoms with Gasteiger partial charge < -0.3 is 9.64 Å². The Morgan fingerprint density at radius 2 is 1.82 bits per heavy atom. The molecule has 2 aromatic rings. The first-order chi connectivity index (χ1) is 16.0. The van der Waals surface area contributed by atoms with Crippen LogP contribution in [0.5, 0.6) is 0 Å². The average Bonchev–Trinajstić information content (AvgIpc) is 2.78. The molecule has 0 aromatic heterocycles. The highest BCUT2D eigenvalue weighted by Gasteiger charge is 2.35. The van der Waals surface area contributed by atoms with Gasteiger partial charge in [0.2, 0.25) is 0 Å². The molecule has 0 spiro atoms. The van der Waals surface area contributed by atoms with Crippen LogP contribution in [0, 0.1) is 18.4 Å². The highest BCUT2D eigenvalue weighted by molar-refractivity contribution is 7.89. The molecule has 2 N–H and O–H groups in total. The van der Waals surface area contributed by atoms with E-state index in [-0.39, 0.29) is 11.4 Å². The summed E-state index contributed by atoms with van der Waals surface area (Å²) in [6.07, 6.45) is 1.72. The number of rotatable bonds is 6. The summed E-state index contributed by atoms with van der Waals surface area (Å²) < 4.78 is 31.0. The Balaban J connectivity index is 1.81. The Kier molecular flexibility index (Phi) is 7.82. The third-order valence-electron chi connectivity index (χ3n) is 5.43. The van der Waals surface area contributed by atoms with Crippen molar-refractivity contribution in [3.05, 3.63) is 65.2 Å². The second-order valence-electron chi connectivity index (χ2n) is 9.16. The van der Waals surface area contributed by atoms with Gasteiger partial charge in [-0.2, -0.15) is 5.26 Å². The van der Waals surface area contributed by atoms with Crippen molar-refractivity contribution in [3.63, 3.8) is 0 Å². The summed E-state index contributed by atoms with van der Waals surface area (Å²) in [7, 11) is -3.75. The number of sulfonamides is 1. The number of aryl methyl sites for hydroxylation is 1. The van der Waals surface area contributed by atoms with Crippen LogP contribution in [0.2, 0.25) is 0 Å². The average molecular weight is 486 g/mol. The van der Waals surface area contributed by atoms with Crippen molar-refractivity contribution in [1.82, 2.24) is 20.1 Å². The van der Waals surface area contributed by atoms with Gasteiger partial charge in [-0.3, -0.25) is 4.90 Å². The van der Waals surface area contributed by atoms with Crippen LogP contribution in [-0.4, -0.2) is 49.5 Å². The molecule has 0 saturated carbocycles. The van der Waals surface area contributed by atoms with Gasteiger partial charge in [-0.1, -0.05) is 42.5 Å². The van der Waals surface area contributed by atoms with Gasteiger partial charge in [0.1, 0.15) is 5.60 Å². The van der Waals surface area contributed by atoms with Crippen LogP contribution in [0.4, 0.5) is 4.79 Å². The first-order valence-electron chi connectivity index (χ1n) is 11.0. The second-order valence-corrected chi connectivity index (χ2v) is 10.8. The van der Waals surface area contributed by atoms with Crippen LogP contribution in [-0.2, 0) is 21.3 Å². The van der Waals surface area contributed by atoms with E-state index in [0.29, 0.717) is 25.2 Å². The lowest BCUT2D eigenvalue weighted by Crippen LogP contribution is -2.50. The van der Waals surface area contributed by atoms with Gasteiger partial charge in [0.25, 0.3) is 10.0 Å². The van der Waals surface area contributed by atoms with Gasteiger partial charge in [-0.05, 0) is 50.5 Å². The summed E-state index contributed by atoms with van der Waals surface area (Å²) in [5, 5.41) is 9.45. The van der Waals surface area contributed by atoms with E-state index in [1.165, 1.54) is 0 Å². The van der Waals surface area contributed by atoms with E-state index in [1.54, 1.807) is 41.0 Å². The molecule has 10 heteroatoms. The first kappa shape index (κ1) is 25.5. The predicted molar refractivity (Wildman–Crippen MR) is 128 cm³/mol. The smallest absolute Gasteiger partial charge is 0.410 e. The summed E-state index contributed by atoms with van der Waals surface area (Å²) in [6.45, 7) is 8.43. The molecule has 1 heterocycles. The molecule has 1 amide bonds. The molecule has 34 heavy (non-hydrogen) atoms. The van der Waals surface area contributed by atoms with E-state index in [4.69, 9.17) is 4.74 Å². The number of ether oxygens (including phenoxy) is 1. The van der Waals surface area contributed by atoms with Crippen LogP contribution in [0.1, 0.15) is 43.5 Å². The van der Waals surface area contributed by atoms with Crippen LogP contribution in [0.15, 0.2) is 53.4 Å². The number of benzene rings is 2. The van der Waals surface area contributed by atoms with Crippen molar-refractivity contribution in [3.8, 4) is 6.19 Å². The van der Waals surface area contributed by atoms with Crippen molar-refractivity contribution < 1.29 is 17.9 Å². The quantitative estimate of drug-likeness (QED) is 0.477. The van der Waals surface area contributed by atoms with E-state index in [0.717, 1.165) is 11.1 Å². The Hall–Kier alpha value is -3.13. The lowest BCUT2D eigenvalue weighted by atomic mass is 9.97. The topological polar surface area (TPSA) is 115 Å². The molecule has 1 atom stereocenters. The van der Waals surface area contributed by atoms with E-state index >= 15 is 0 Å². The van der Waals surface area contributed by atoms with Crippen LogP contribution < -0.4 is 10.3 Å². The number of nitrogens with one attached hydrogen (secondary N) is 2. The molecular formula is C24H31N5O4S. The molecule has 2 aromatic carbocycles. The first-order valence-corrected chi connectivity index (χ1v) is 12.5. The Bertz CT molecular complexity index is 1170. The normalized spacial score (nSPS) is 16.7. The third-order valence-corrected chi connectivity index (χ3v) is 6.88. The van der Waals surface area contributed by atoms with E-state index in [9.17, 15) is 18.5 Å². The number of nitriles is 1. The van der Waals surface area contributed by atoms with Gasteiger partial charge in [-0.15, -0.1) is 4.83 Å². The SMILES string of the molecule is Cc1ccccc1S(=O)(=O)NNCc1ccccc1C1CN(C#N)CCN1C(=O)OC(C)(C)C. The number of carbonyl (C=O) groups is 1. The number of amides is 1. The minimum Gasteiger partial charge on any atom is -0.444 e. The fourth-order valence-electron chi connectivity index (χ4n) is 3.84. The van der Waals surface area contributed by atoms with E-state index < -0.39 is 27.8 Å². The lowest BCUT2D eigenvalue weighted by Gasteiger charge is -2.40. The monoisotopic (exact) mass is 485 g/mol. The molecule has 1 saturated heterocycles. The maximum Gasteiger partial charge on any atom is 0.410 e. The molecule has 1 aliphatic heterocycles. The summed E-state index contributed by atoms with van der Waals surface area (Å²) in [5.74, 6) is 0. The molecule has 3 rings (SSSR count). The minimum absolute atomic E-state index is 0.187. The minimum atomic E-state index is -3.75. The van der Waals surface area contributed by atoms with Crippen molar-refractivity contribution in [2.75, 3.05) is 19.6 Å². The molecule has 182 valence electrons. The standard InChI is InChI=1S/C24H31N5O4S/c1-18-9-5-8-12-22(18)34(31,32)27-26-15-19-10-6-7-11-20(19)21-16-28(17-25)13-14-29(21)23(30)33-24(2,3)4/h5-12,21,26-27H,13-16H2,1-4H3. The number of nitrogens with zero attached hydrogens (tertiary/aromatic N) is 3. The maximum absolute atomic E-state index is 12.9. The molecule has 1 unspecified atom stereocenters. The lowest BCUT2D eigenvalue weighted by molar-refractivity contribution is 0.00364. The zero-order valence-corrected chi connectivity index (χ0v) is 20.7. The Morgan fingerprint density at radius 3 is 2.50 bits per heavy atom. The fraction of sp³-hybridized carbons (Fsp3) is 0.417. The summed E-state index contributed by atoms with van der Waals surface area (Å²) >= 11 is 0. The second kappa shape index (κ2) is 10.4. The number of piperazine rings is 1. The third kappa shape index (κ3) is 6.26. The largest absolute Gasteiger partial charge is 0.444 e. The number of hydrogen-bond donors (Lipinski definition) is 2. The molecule has 1 aliphatic rings. The zero-order valence-electron chi connectivity index (χ0n) is 19.9. The van der Waals surface area contributed by atoms with Crippen LogP contribution in [0.3, 0.4) is 0 Å². The van der Waals surface area contributed by atoms with E-state index in [2.05, 4.69) is 16.5 Å². The zero-order chi connectivity index (χ0) is 24.9. The van der Waals surface area contributed by atoms with Crippen molar-refractivity contribution >= 4 is 16.1 Å². The van der Waals surface area contributed by atoms with Gasteiger partial charge in [0.05, 0.1) is 17.5 Å². The van der Waals surface area contributed by atoms with Gasteiger partial charge in [0.15, 0.2) is 6.19 Å². The highest BCUT2D eigenvalue weighted by atomic mass is 32.2. The van der Waals surface area contributed by atoms with Crippen LogP contribution >= 0.6 is 0 Å². The predicted octanol–water partition coefficient (Wildman–Crippen LogP) is 3.05. The number of hydrazine groups is 1. The van der Waals surface area contributed by atoms with E-state index in [1.807, 2.05) is 45.0 Å². The summed E-state index contributed by atoms with van der Waals surface area (Å²) in [4.78, 5) is 18.8. The number of hydrogen-bond acceptors (Lipinski definition) is 7. The highest BCUT2D eigenvalue weighted by Crippen LogP contribution is 2.29. The van der Waals surface area contributed by atoms with Gasteiger partial charge in [-0.25, -0.2) is 18.6 Å². The molecule has 0 aliphatic carbocycles. The fourth-order valence-corrected chi connectivity index (χ4v) is 4.96. The molecule has 0 bridgehead atoms. The van der Waals surface area contributed by atoms with Crippen molar-refractivity contribution in [2.24, 2.45) is 0 Å². The van der Waals surface area contributed by atoms with Gasteiger partial charge >= 0.3 is 6.09 Å². The number of carbonyl (C=O) groups excluding carboxylic acids is 1. The summed E-state index contributed by atoms with van der Waals surface area (Å²) in [5.41, 5.74) is 4.41. The molecule has 0 radical (unpaired) electrons. The summed E-state index contributed by atoms with van der Waals surface area (Å²) in [6, 6.07) is 13.8. The molecular weight excluding hydrogens is 454 g/mol. The van der Waals surface area contributed by atoms with Crippen molar-refractivity contribution in [2.45, 2.75) is 50.8 Å². The van der Waals surface area contributed by atoms with Crippen LogP contribution in [0.25, 0.3) is 0 Å².